The molecule has 0 spiro atoms. The van der Waals surface area contributed by atoms with Gasteiger partial charge in [-0.15, -0.1) is 0 Å². The number of aliphatic hydroxyl groups excluding tert-OH is 31. The summed E-state index contributed by atoms with van der Waals surface area (Å²) in [5.74, 6) is -0.891. The van der Waals surface area contributed by atoms with Crippen LogP contribution in [-0.2, 0) is 94.8 Å². The average Bonchev–Trinajstić information content (AvgIpc) is 0.762. The number of hydrogen-bond donors (Lipinski definition) is 32. The zero-order valence-corrected chi connectivity index (χ0v) is 60.0. The van der Waals surface area contributed by atoms with Crippen LogP contribution in [0.3, 0.4) is 0 Å². The van der Waals surface area contributed by atoms with Gasteiger partial charge in [0.05, 0.1) is 66.1 Å². The first-order valence-corrected chi connectivity index (χ1v) is 36.2. The van der Waals surface area contributed by atoms with Crippen molar-refractivity contribution in [2.24, 2.45) is 0 Å². The molecule has 0 unspecified atom stereocenters. The van der Waals surface area contributed by atoms with Gasteiger partial charge in [-0.3, -0.25) is 4.79 Å². The Bertz CT molecular complexity index is 2910. The van der Waals surface area contributed by atoms with Crippen molar-refractivity contribution in [1.29, 1.82) is 0 Å². The molecular formula is C62H105NO51. The fourth-order valence-corrected chi connectivity index (χ4v) is 14.5. The van der Waals surface area contributed by atoms with Gasteiger partial charge in [0.25, 0.3) is 0 Å². The molecule has 0 saturated carbocycles. The van der Waals surface area contributed by atoms with E-state index >= 15 is 0 Å². The molecule has 10 fully saturated rings. The van der Waals surface area contributed by atoms with Crippen LogP contribution < -0.4 is 5.32 Å². The molecule has 10 saturated heterocycles. The minimum absolute atomic E-state index is 0.891. The molecule has 1 amide bonds. The van der Waals surface area contributed by atoms with E-state index in [0.717, 1.165) is 6.92 Å². The van der Waals surface area contributed by atoms with Crippen LogP contribution in [0.1, 0.15) is 6.92 Å². The molecule has 114 heavy (non-hydrogen) atoms. The summed E-state index contributed by atoms with van der Waals surface area (Å²) in [5.41, 5.74) is 0. The van der Waals surface area contributed by atoms with Gasteiger partial charge in [-0.1, -0.05) is 0 Å². The smallest absolute Gasteiger partial charge is 0.217 e. The molecule has 52 heteroatoms. The highest BCUT2D eigenvalue weighted by molar-refractivity contribution is 5.73. The third-order valence-electron chi connectivity index (χ3n) is 21.2. The Labute approximate surface area is 642 Å². The summed E-state index contributed by atoms with van der Waals surface area (Å²) in [6, 6.07) is -1.83. The van der Waals surface area contributed by atoms with Gasteiger partial charge in [-0.2, -0.15) is 0 Å². The normalized spacial score (nSPS) is 52.6. The first kappa shape index (κ1) is 93.7. The third-order valence-corrected chi connectivity index (χ3v) is 21.2. The fourth-order valence-electron chi connectivity index (χ4n) is 14.5. The fraction of sp³-hybridized carbons (Fsp3) is 0.984. The molecule has 10 rings (SSSR count). The molecular weight excluding hydrogens is 1570 g/mol. The zero-order chi connectivity index (χ0) is 83.7. The minimum Gasteiger partial charge on any atom is -0.394 e. The number of carbonyl (C=O) groups excluding carboxylic acids is 1. The van der Waals surface area contributed by atoms with E-state index < -0.39 is 379 Å². The average molecular weight is 1680 g/mol. The highest BCUT2D eigenvalue weighted by Gasteiger charge is 2.61. The van der Waals surface area contributed by atoms with E-state index in [4.69, 9.17) is 90.0 Å². The predicted molar refractivity (Wildman–Crippen MR) is 341 cm³/mol. The van der Waals surface area contributed by atoms with E-state index in [-0.39, 0.29) is 0 Å². The van der Waals surface area contributed by atoms with Crippen LogP contribution in [0.15, 0.2) is 0 Å². The number of aliphatic hydroxyl groups is 31. The predicted octanol–water partition coefficient (Wildman–Crippen LogP) is -22.7. The van der Waals surface area contributed by atoms with Gasteiger partial charge in [0.2, 0.25) is 5.91 Å². The Morgan fingerprint density at radius 2 is 0.465 bits per heavy atom. The van der Waals surface area contributed by atoms with Crippen molar-refractivity contribution in [2.45, 2.75) is 314 Å². The molecule has 664 valence electrons. The van der Waals surface area contributed by atoms with Gasteiger partial charge in [0.15, 0.2) is 62.9 Å². The van der Waals surface area contributed by atoms with E-state index in [9.17, 15) is 163 Å². The van der Waals surface area contributed by atoms with Crippen molar-refractivity contribution in [3.05, 3.63) is 0 Å². The number of nitrogens with one attached hydrogen (secondary N) is 1. The summed E-state index contributed by atoms with van der Waals surface area (Å²) in [5, 5.41) is 343. The molecule has 0 aromatic rings. The van der Waals surface area contributed by atoms with Crippen LogP contribution in [-0.4, -0.2) is 537 Å². The maximum Gasteiger partial charge on any atom is 0.217 e. The van der Waals surface area contributed by atoms with Crippen LogP contribution in [0.25, 0.3) is 0 Å². The number of carbonyl (C=O) groups is 1. The first-order valence-electron chi connectivity index (χ1n) is 36.2. The van der Waals surface area contributed by atoms with E-state index in [1.807, 2.05) is 0 Å². The van der Waals surface area contributed by atoms with E-state index in [1.165, 1.54) is 0 Å². The monoisotopic (exact) mass is 1680 g/mol. The molecule has 10 aliphatic rings. The van der Waals surface area contributed by atoms with Gasteiger partial charge >= 0.3 is 0 Å². The number of ether oxygens (including phenoxy) is 19. The van der Waals surface area contributed by atoms with Crippen molar-refractivity contribution in [1.82, 2.24) is 5.32 Å². The zero-order valence-electron chi connectivity index (χ0n) is 60.0. The van der Waals surface area contributed by atoms with Crippen molar-refractivity contribution in [3.63, 3.8) is 0 Å². The Morgan fingerprint density at radius 1 is 0.228 bits per heavy atom. The Balaban J connectivity index is 1.00. The Kier molecular flexibility index (Phi) is 33.4. The minimum atomic E-state index is -2.63. The first-order chi connectivity index (χ1) is 54.0. The lowest BCUT2D eigenvalue weighted by atomic mass is 9.94. The lowest BCUT2D eigenvalue weighted by Crippen LogP contribution is -2.69. The summed E-state index contributed by atoms with van der Waals surface area (Å²) in [4.78, 5) is 12.4. The highest BCUT2D eigenvalue weighted by atomic mass is 16.8. The molecule has 52 nitrogen and oxygen atoms in total. The van der Waals surface area contributed by atoms with Crippen LogP contribution >= 0.6 is 0 Å². The topological polar surface area (TPSA) is 832 Å². The van der Waals surface area contributed by atoms with Gasteiger partial charge in [-0.25, -0.2) is 0 Å². The standard InChI is InChI=1S/C62H105NO51/c1-12(71)63-23-33(81)47(19(8-70)99-53(23)95)109-59-46(94)49(111-62-52(40(88)30(78)20(108-62)9-96-54-41(89)34(82)24(72)13(2-64)100-54)114-61-51(39(87)29(77)18(7-69)105-61)113-58-44(92)37(85)27(75)16(5-67)103-58)32(80)22(107-59)10-97-55-45(93)48(110-56-42(90)35(83)25(73)14(3-65)101-56)31(79)21(106-55)11-98-60-50(38(86)28(76)17(6-68)104-60)112-57-43(91)36(84)26(74)15(4-66)102-57/h13-62,64-70,72-95H,2-11H2,1H3,(H,63,71)/t13-,14-,15-,16-,17-,18-,19-,20-,21-,22-,23-,24-,25-,26-,27-,28-,29-,30-,31-,32-,33-,34-,35+,36+,37+,38+,39+,40+,41+,42+,43+,44+,45+,46+,47-,48+,49+,50+,51+,52+,53-,54+,55+,56-,57-,58-,59+,60+,61-,62-/m1/s1. The van der Waals surface area contributed by atoms with E-state index in [0.29, 0.717) is 0 Å². The van der Waals surface area contributed by atoms with Crippen LogP contribution in [0.2, 0.25) is 0 Å². The SMILES string of the molecule is CC(=O)N[C@@H]1[C@@H](O)[C@H](O[C@@H]2O[C@H](CO[C@H]3O[C@H](CO[C@H]4O[C@H](CO)[C@@H](O)[C@H](O)[C@@H]4O[C@H]4O[C@H](CO)[C@@H](O)[C@H](O)[C@@H]4O)[C@@H](O)[C@H](O[C@H]4O[C@H](CO)[C@@H](O)[C@H](O)[C@@H]4O)[C@@H]3O)[C@@H](O)[C@H](O[C@H]3O[C@H](CO[C@H]4O[C@H](CO)[C@@H](O)[C@@H](O)[C@@H]4O)[C@@H](O)[C@H](O)[C@@H]3O[C@H]3O[C@H](CO)[C@@H](O)[C@H](O)[C@@H]3O[C@H]3O[C@H](CO)[C@@H](O)[C@H](O)[C@@H]3O)[C@@H]2O)[C@@H](CO)O[C@H]1O. The summed E-state index contributed by atoms with van der Waals surface area (Å²) < 4.78 is 110. The van der Waals surface area contributed by atoms with Crippen molar-refractivity contribution < 1.29 is 253 Å². The number of hydrogen-bond acceptors (Lipinski definition) is 51. The van der Waals surface area contributed by atoms with Crippen molar-refractivity contribution in [3.8, 4) is 0 Å². The Morgan fingerprint density at radius 3 is 0.851 bits per heavy atom. The van der Waals surface area contributed by atoms with Gasteiger partial charge < -0.3 is 254 Å². The van der Waals surface area contributed by atoms with Crippen molar-refractivity contribution >= 4 is 5.91 Å². The molecule has 10 aliphatic heterocycles. The molecule has 0 radical (unpaired) electrons. The maximum absolute atomic E-state index is 12.7. The summed E-state index contributed by atoms with van der Waals surface area (Å²) in [7, 11) is 0. The molecule has 0 aromatic carbocycles. The molecule has 32 N–H and O–H groups in total. The van der Waals surface area contributed by atoms with Gasteiger partial charge in [0.1, 0.15) is 244 Å². The molecule has 0 aromatic heterocycles. The second-order valence-corrected chi connectivity index (χ2v) is 28.8. The maximum atomic E-state index is 12.7. The van der Waals surface area contributed by atoms with Crippen LogP contribution in [0.4, 0.5) is 0 Å². The van der Waals surface area contributed by atoms with Crippen LogP contribution in [0.5, 0.6) is 0 Å². The van der Waals surface area contributed by atoms with E-state index in [2.05, 4.69) is 5.32 Å². The molecule has 0 aliphatic carbocycles. The molecule has 0 bridgehead atoms. The third kappa shape index (κ3) is 19.9. The molecule has 50 atom stereocenters. The summed E-state index contributed by atoms with van der Waals surface area (Å²) >= 11 is 0. The van der Waals surface area contributed by atoms with Gasteiger partial charge in [-0.05, 0) is 0 Å². The lowest BCUT2D eigenvalue weighted by molar-refractivity contribution is -0.409. The largest absolute Gasteiger partial charge is 0.394 e. The number of rotatable bonds is 29. The highest BCUT2D eigenvalue weighted by Crippen LogP contribution is 2.40. The number of amides is 1. The Hall–Kier alpha value is -2.53. The quantitative estimate of drug-likeness (QED) is 0.0331. The second-order valence-electron chi connectivity index (χ2n) is 28.8. The van der Waals surface area contributed by atoms with Crippen LogP contribution in [0, 0.1) is 0 Å². The molecule has 10 heterocycles. The van der Waals surface area contributed by atoms with E-state index in [1.54, 1.807) is 0 Å². The summed E-state index contributed by atoms with van der Waals surface area (Å²) in [6.07, 6.45) is -106. The summed E-state index contributed by atoms with van der Waals surface area (Å²) in [6.45, 7) is -10.0. The van der Waals surface area contributed by atoms with Crippen molar-refractivity contribution in [2.75, 3.05) is 66.1 Å². The second kappa shape index (κ2) is 40.6. The lowest BCUT2D eigenvalue weighted by Gasteiger charge is -2.50. The van der Waals surface area contributed by atoms with Gasteiger partial charge in [0, 0.05) is 6.92 Å².